The maximum absolute atomic E-state index is 13.2. The summed E-state index contributed by atoms with van der Waals surface area (Å²) in [6.45, 7) is 4.26. The molecule has 1 aromatic carbocycles. The predicted molar refractivity (Wildman–Crippen MR) is 108 cm³/mol. The fourth-order valence-corrected chi connectivity index (χ4v) is 4.90. The molecular weight excluding hydrogens is 342 g/mol. The summed E-state index contributed by atoms with van der Waals surface area (Å²) in [5, 5.41) is 0.871. The largest absolute Gasteiger partial charge is 0.397 e. The number of benzene rings is 1. The summed E-state index contributed by atoms with van der Waals surface area (Å²) in [4.78, 5) is 21.4. The second kappa shape index (κ2) is 6.72. The molecule has 2 N–H and O–H groups in total. The summed E-state index contributed by atoms with van der Waals surface area (Å²) >= 11 is 1.41. The lowest BCUT2D eigenvalue weighted by atomic mass is 9.97. The molecule has 3 heterocycles. The van der Waals surface area contributed by atoms with Crippen molar-refractivity contribution in [3.05, 3.63) is 47.3 Å². The smallest absolute Gasteiger partial charge is 0.266 e. The van der Waals surface area contributed by atoms with Gasteiger partial charge in [-0.05, 0) is 45.2 Å². The number of thiophene rings is 1. The summed E-state index contributed by atoms with van der Waals surface area (Å²) in [5.74, 6) is 0.0476. The molecule has 3 aromatic rings. The van der Waals surface area contributed by atoms with Crippen molar-refractivity contribution in [2.24, 2.45) is 0 Å². The molecule has 1 fully saturated rings. The van der Waals surface area contributed by atoms with Gasteiger partial charge in [-0.2, -0.15) is 0 Å². The SMILES string of the molecule is C[C@@H]1CCC[C@@H](C)N1C(=O)c1sc2nc(-c3ccccc3)ccc2c1N. The van der Waals surface area contributed by atoms with Crippen molar-refractivity contribution in [3.8, 4) is 11.3 Å². The summed E-state index contributed by atoms with van der Waals surface area (Å²) in [7, 11) is 0. The lowest BCUT2D eigenvalue weighted by molar-refractivity contribution is 0.0517. The van der Waals surface area contributed by atoms with Crippen LogP contribution in [0, 0.1) is 0 Å². The molecule has 0 saturated carbocycles. The van der Waals surface area contributed by atoms with Gasteiger partial charge in [0.1, 0.15) is 9.71 Å². The van der Waals surface area contributed by atoms with E-state index in [4.69, 9.17) is 10.7 Å². The van der Waals surface area contributed by atoms with Crippen LogP contribution in [-0.2, 0) is 0 Å². The molecule has 1 aliphatic rings. The number of carbonyl (C=O) groups excluding carboxylic acids is 1. The van der Waals surface area contributed by atoms with Crippen LogP contribution in [0.2, 0.25) is 0 Å². The summed E-state index contributed by atoms with van der Waals surface area (Å²) in [6, 6.07) is 14.5. The molecule has 0 aliphatic carbocycles. The van der Waals surface area contributed by atoms with E-state index in [2.05, 4.69) is 13.8 Å². The topological polar surface area (TPSA) is 59.2 Å². The van der Waals surface area contributed by atoms with Gasteiger partial charge in [-0.15, -0.1) is 11.3 Å². The number of nitrogens with zero attached hydrogens (tertiary/aromatic N) is 2. The summed E-state index contributed by atoms with van der Waals surface area (Å²) in [5.41, 5.74) is 8.87. The average molecular weight is 366 g/mol. The van der Waals surface area contributed by atoms with Gasteiger partial charge in [-0.25, -0.2) is 4.98 Å². The normalized spacial score (nSPS) is 20.5. The van der Waals surface area contributed by atoms with Crippen molar-refractivity contribution in [2.75, 3.05) is 5.73 Å². The second-order valence-electron chi connectivity index (χ2n) is 7.10. The number of fused-ring (bicyclic) bond motifs is 1. The van der Waals surface area contributed by atoms with E-state index in [1.807, 2.05) is 47.4 Å². The van der Waals surface area contributed by atoms with Crippen molar-refractivity contribution in [1.82, 2.24) is 9.88 Å². The molecule has 2 aromatic heterocycles. The van der Waals surface area contributed by atoms with Gasteiger partial charge < -0.3 is 10.6 Å². The number of nitrogen functional groups attached to an aromatic ring is 1. The van der Waals surface area contributed by atoms with E-state index in [-0.39, 0.29) is 18.0 Å². The standard InChI is InChI=1S/C21H23N3OS/c1-13-7-6-8-14(2)24(13)21(25)19-18(22)16-11-12-17(23-20(16)26-19)15-9-4-3-5-10-15/h3-5,9-14H,6-8,22H2,1-2H3/t13-,14-/m1/s1. The van der Waals surface area contributed by atoms with Gasteiger partial charge in [-0.3, -0.25) is 4.79 Å². The van der Waals surface area contributed by atoms with Gasteiger partial charge in [0.2, 0.25) is 0 Å². The predicted octanol–water partition coefficient (Wildman–Crippen LogP) is 4.95. The molecule has 26 heavy (non-hydrogen) atoms. The van der Waals surface area contributed by atoms with Crippen molar-refractivity contribution in [1.29, 1.82) is 0 Å². The molecule has 0 bridgehead atoms. The highest BCUT2D eigenvalue weighted by Crippen LogP contribution is 2.36. The van der Waals surface area contributed by atoms with E-state index in [0.717, 1.165) is 34.3 Å². The summed E-state index contributed by atoms with van der Waals surface area (Å²) < 4.78 is 0. The third-order valence-corrected chi connectivity index (χ3v) is 6.39. The van der Waals surface area contributed by atoms with E-state index in [1.165, 1.54) is 17.8 Å². The zero-order chi connectivity index (χ0) is 18.3. The quantitative estimate of drug-likeness (QED) is 0.699. The minimum atomic E-state index is 0.0476. The number of amides is 1. The number of likely N-dealkylation sites (tertiary alicyclic amines) is 1. The van der Waals surface area contributed by atoms with Crippen LogP contribution in [0.1, 0.15) is 42.8 Å². The molecule has 5 heteroatoms. The zero-order valence-electron chi connectivity index (χ0n) is 15.1. The Labute approximate surface area is 157 Å². The molecule has 0 unspecified atom stereocenters. The second-order valence-corrected chi connectivity index (χ2v) is 8.10. The molecule has 0 radical (unpaired) electrons. The first-order chi connectivity index (χ1) is 12.6. The fraction of sp³-hybridized carbons (Fsp3) is 0.333. The molecule has 2 atom stereocenters. The van der Waals surface area contributed by atoms with Crippen molar-refractivity contribution < 1.29 is 4.79 Å². The Morgan fingerprint density at radius 2 is 1.81 bits per heavy atom. The Balaban J connectivity index is 1.74. The van der Waals surface area contributed by atoms with E-state index in [0.29, 0.717) is 10.6 Å². The maximum Gasteiger partial charge on any atom is 0.266 e. The van der Waals surface area contributed by atoms with Crippen LogP contribution in [0.5, 0.6) is 0 Å². The third kappa shape index (κ3) is 2.86. The molecule has 4 nitrogen and oxygen atoms in total. The molecule has 0 spiro atoms. The van der Waals surface area contributed by atoms with Gasteiger partial charge in [0.05, 0.1) is 11.4 Å². The molecule has 1 amide bonds. The van der Waals surface area contributed by atoms with Crippen molar-refractivity contribution >= 4 is 33.1 Å². The highest BCUT2D eigenvalue weighted by molar-refractivity contribution is 7.21. The highest BCUT2D eigenvalue weighted by atomic mass is 32.1. The van der Waals surface area contributed by atoms with Gasteiger partial charge in [0.25, 0.3) is 5.91 Å². The van der Waals surface area contributed by atoms with Gasteiger partial charge in [0.15, 0.2) is 0 Å². The Morgan fingerprint density at radius 1 is 1.12 bits per heavy atom. The number of carbonyl (C=O) groups is 1. The molecule has 134 valence electrons. The number of pyridine rings is 1. The van der Waals surface area contributed by atoms with Gasteiger partial charge in [0, 0.05) is 23.0 Å². The van der Waals surface area contributed by atoms with Crippen LogP contribution in [0.25, 0.3) is 21.5 Å². The maximum atomic E-state index is 13.2. The first kappa shape index (κ1) is 17.0. The van der Waals surface area contributed by atoms with E-state index in [9.17, 15) is 4.79 Å². The number of anilines is 1. The highest BCUT2D eigenvalue weighted by Gasteiger charge is 2.32. The van der Waals surface area contributed by atoms with E-state index >= 15 is 0 Å². The lowest BCUT2D eigenvalue weighted by Crippen LogP contribution is -2.47. The fourth-order valence-electron chi connectivity index (χ4n) is 3.86. The van der Waals surface area contributed by atoms with E-state index < -0.39 is 0 Å². The number of piperidine rings is 1. The van der Waals surface area contributed by atoms with Crippen molar-refractivity contribution in [3.63, 3.8) is 0 Å². The van der Waals surface area contributed by atoms with Crippen LogP contribution in [-0.4, -0.2) is 27.9 Å². The zero-order valence-corrected chi connectivity index (χ0v) is 15.9. The first-order valence-corrected chi connectivity index (χ1v) is 9.95. The number of hydrogen-bond acceptors (Lipinski definition) is 4. The monoisotopic (exact) mass is 365 g/mol. The molecular formula is C21H23N3OS. The number of hydrogen-bond donors (Lipinski definition) is 1. The molecule has 1 saturated heterocycles. The summed E-state index contributed by atoms with van der Waals surface area (Å²) in [6.07, 6.45) is 3.28. The number of aromatic nitrogens is 1. The molecule has 1 aliphatic heterocycles. The average Bonchev–Trinajstić information content (AvgIpc) is 2.98. The Morgan fingerprint density at radius 3 is 2.50 bits per heavy atom. The lowest BCUT2D eigenvalue weighted by Gasteiger charge is -2.38. The minimum absolute atomic E-state index is 0.0476. The Bertz CT molecular complexity index is 941. The van der Waals surface area contributed by atoms with Crippen LogP contribution < -0.4 is 5.73 Å². The van der Waals surface area contributed by atoms with Crippen molar-refractivity contribution in [2.45, 2.75) is 45.2 Å². The van der Waals surface area contributed by atoms with E-state index in [1.54, 1.807) is 0 Å². The third-order valence-electron chi connectivity index (χ3n) is 5.29. The Kier molecular flexibility index (Phi) is 4.41. The number of rotatable bonds is 2. The van der Waals surface area contributed by atoms with Gasteiger partial charge in [-0.1, -0.05) is 30.3 Å². The first-order valence-electron chi connectivity index (χ1n) is 9.13. The van der Waals surface area contributed by atoms with Crippen LogP contribution in [0.15, 0.2) is 42.5 Å². The number of nitrogens with two attached hydrogens (primary N) is 1. The van der Waals surface area contributed by atoms with Crippen LogP contribution >= 0.6 is 11.3 Å². The minimum Gasteiger partial charge on any atom is -0.397 e. The van der Waals surface area contributed by atoms with Crippen LogP contribution in [0.3, 0.4) is 0 Å². The van der Waals surface area contributed by atoms with Gasteiger partial charge >= 0.3 is 0 Å². The molecule has 4 rings (SSSR count). The van der Waals surface area contributed by atoms with Crippen LogP contribution in [0.4, 0.5) is 5.69 Å². The Hall–Kier alpha value is -2.40.